The molecule has 0 spiro atoms. The van der Waals surface area contributed by atoms with Crippen LogP contribution in [0.1, 0.15) is 9.75 Å². The van der Waals surface area contributed by atoms with Crippen LogP contribution in [0.4, 0.5) is 11.4 Å². The molecule has 0 aliphatic rings. The summed E-state index contributed by atoms with van der Waals surface area (Å²) in [6.45, 7) is 1.93. The van der Waals surface area contributed by atoms with Gasteiger partial charge < -0.3 is 5.32 Å². The molecule has 1 heterocycles. The minimum Gasteiger partial charge on any atom is -0.321 e. The second-order valence-electron chi connectivity index (χ2n) is 4.38. The van der Waals surface area contributed by atoms with E-state index in [0.717, 1.165) is 9.75 Å². The first-order valence-corrected chi connectivity index (χ1v) is 7.05. The van der Waals surface area contributed by atoms with Crippen molar-refractivity contribution in [1.82, 2.24) is 0 Å². The van der Waals surface area contributed by atoms with Crippen molar-refractivity contribution in [2.75, 3.05) is 5.32 Å². The summed E-state index contributed by atoms with van der Waals surface area (Å²) in [6.07, 6.45) is 1.49. The number of nitrogens with zero attached hydrogens (tertiary/aromatic N) is 2. The summed E-state index contributed by atoms with van der Waals surface area (Å²) in [5.41, 5.74) is 0.0743. The zero-order valence-electron chi connectivity index (χ0n) is 11.6. The lowest BCUT2D eigenvalue weighted by atomic mass is 10.2. The van der Waals surface area contributed by atoms with Crippen LogP contribution >= 0.6 is 11.3 Å². The van der Waals surface area contributed by atoms with E-state index in [2.05, 4.69) is 5.32 Å². The molecule has 1 aromatic carbocycles. The standard InChI is InChI=1S/C15H11N3O3S/c1-10-5-6-14(22-10)7-11(9-16)15(19)17-12-3-2-4-13(8-12)18(20)21/h2-8H,1H3,(H,17,19). The molecule has 1 amide bonds. The third kappa shape index (κ3) is 3.77. The van der Waals surface area contributed by atoms with E-state index in [1.807, 2.05) is 25.1 Å². The zero-order chi connectivity index (χ0) is 16.1. The van der Waals surface area contributed by atoms with Crippen molar-refractivity contribution in [3.8, 4) is 6.07 Å². The van der Waals surface area contributed by atoms with Gasteiger partial charge in [-0.05, 0) is 31.2 Å². The highest BCUT2D eigenvalue weighted by Crippen LogP contribution is 2.20. The number of carbonyl (C=O) groups excluding carboxylic acids is 1. The van der Waals surface area contributed by atoms with Crippen molar-refractivity contribution in [3.63, 3.8) is 0 Å². The maximum absolute atomic E-state index is 12.1. The lowest BCUT2D eigenvalue weighted by Gasteiger charge is -2.03. The molecule has 110 valence electrons. The van der Waals surface area contributed by atoms with Gasteiger partial charge in [-0.2, -0.15) is 5.26 Å². The SMILES string of the molecule is Cc1ccc(C=C(C#N)C(=O)Nc2cccc([N+](=O)[O-])c2)s1. The molecule has 2 aromatic rings. The molecule has 0 unspecified atom stereocenters. The molecule has 0 fully saturated rings. The average Bonchev–Trinajstić information content (AvgIpc) is 2.90. The molecule has 0 radical (unpaired) electrons. The Morgan fingerprint density at radius 2 is 2.18 bits per heavy atom. The van der Waals surface area contributed by atoms with Crippen molar-refractivity contribution < 1.29 is 9.72 Å². The summed E-state index contributed by atoms with van der Waals surface area (Å²) in [4.78, 5) is 24.1. The Kier molecular flexibility index (Phi) is 4.66. The number of nitriles is 1. The van der Waals surface area contributed by atoms with Gasteiger partial charge in [0.05, 0.1) is 4.92 Å². The Bertz CT molecular complexity index is 802. The van der Waals surface area contributed by atoms with E-state index in [-0.39, 0.29) is 16.9 Å². The summed E-state index contributed by atoms with van der Waals surface area (Å²) < 4.78 is 0. The molecule has 0 saturated heterocycles. The lowest BCUT2D eigenvalue weighted by Crippen LogP contribution is -2.13. The quantitative estimate of drug-likeness (QED) is 0.404. The van der Waals surface area contributed by atoms with Crippen molar-refractivity contribution in [1.29, 1.82) is 5.26 Å². The smallest absolute Gasteiger partial charge is 0.271 e. The predicted octanol–water partition coefficient (Wildman–Crippen LogP) is 3.51. The van der Waals surface area contributed by atoms with Crippen LogP contribution < -0.4 is 5.32 Å². The molecule has 22 heavy (non-hydrogen) atoms. The number of aryl methyl sites for hydroxylation is 1. The summed E-state index contributed by atoms with van der Waals surface area (Å²) in [7, 11) is 0. The number of hydrogen-bond donors (Lipinski definition) is 1. The number of carbonyl (C=O) groups is 1. The lowest BCUT2D eigenvalue weighted by molar-refractivity contribution is -0.384. The second kappa shape index (κ2) is 6.65. The summed E-state index contributed by atoms with van der Waals surface area (Å²) >= 11 is 1.46. The highest BCUT2D eigenvalue weighted by Gasteiger charge is 2.12. The number of non-ortho nitro benzene ring substituents is 1. The van der Waals surface area contributed by atoms with Crippen molar-refractivity contribution in [3.05, 3.63) is 61.8 Å². The normalized spacial score (nSPS) is 10.8. The highest BCUT2D eigenvalue weighted by molar-refractivity contribution is 7.12. The van der Waals surface area contributed by atoms with E-state index in [4.69, 9.17) is 5.26 Å². The fourth-order valence-electron chi connectivity index (χ4n) is 1.72. The molecule has 1 aromatic heterocycles. The highest BCUT2D eigenvalue weighted by atomic mass is 32.1. The molecular formula is C15H11N3O3S. The number of nitrogens with one attached hydrogen (secondary N) is 1. The van der Waals surface area contributed by atoms with Gasteiger partial charge in [-0.3, -0.25) is 14.9 Å². The molecule has 6 nitrogen and oxygen atoms in total. The predicted molar refractivity (Wildman–Crippen MR) is 84.4 cm³/mol. The third-order valence-electron chi connectivity index (χ3n) is 2.73. The van der Waals surface area contributed by atoms with E-state index in [1.54, 1.807) is 0 Å². The van der Waals surface area contributed by atoms with Crippen LogP contribution in [0, 0.1) is 28.4 Å². The second-order valence-corrected chi connectivity index (χ2v) is 5.70. The van der Waals surface area contributed by atoms with Gasteiger partial charge in [-0.15, -0.1) is 11.3 Å². The minimum atomic E-state index is -0.603. The zero-order valence-corrected chi connectivity index (χ0v) is 12.4. The van der Waals surface area contributed by atoms with Gasteiger partial charge >= 0.3 is 0 Å². The van der Waals surface area contributed by atoms with E-state index in [0.29, 0.717) is 0 Å². The van der Waals surface area contributed by atoms with E-state index >= 15 is 0 Å². The van der Waals surface area contributed by atoms with Gasteiger partial charge in [-0.25, -0.2) is 0 Å². The van der Waals surface area contributed by atoms with E-state index in [1.165, 1.54) is 41.7 Å². The Morgan fingerprint density at radius 3 is 2.77 bits per heavy atom. The maximum Gasteiger partial charge on any atom is 0.271 e. The molecule has 0 aliphatic carbocycles. The van der Waals surface area contributed by atoms with Gasteiger partial charge in [0, 0.05) is 27.6 Å². The molecule has 7 heteroatoms. The van der Waals surface area contributed by atoms with Gasteiger partial charge in [0.25, 0.3) is 11.6 Å². The van der Waals surface area contributed by atoms with Gasteiger partial charge in [0.15, 0.2) is 0 Å². The average molecular weight is 313 g/mol. The topological polar surface area (TPSA) is 96.0 Å². The van der Waals surface area contributed by atoms with E-state index < -0.39 is 10.8 Å². The molecule has 0 atom stereocenters. The minimum absolute atomic E-state index is 0.0617. The first kappa shape index (κ1) is 15.4. The number of nitro groups is 1. The summed E-state index contributed by atoms with van der Waals surface area (Å²) in [6, 6.07) is 11.1. The molecule has 0 aliphatic heterocycles. The largest absolute Gasteiger partial charge is 0.321 e. The number of nitro benzene ring substituents is 1. The van der Waals surface area contributed by atoms with Gasteiger partial charge in [0.2, 0.25) is 0 Å². The fourth-order valence-corrected chi connectivity index (χ4v) is 2.54. The molecule has 2 rings (SSSR count). The van der Waals surface area contributed by atoms with Gasteiger partial charge in [0.1, 0.15) is 11.6 Å². The Labute approximate surface area is 130 Å². The molecule has 1 N–H and O–H groups in total. The number of anilines is 1. The Balaban J connectivity index is 2.20. The summed E-state index contributed by atoms with van der Waals surface area (Å²) in [5, 5.41) is 22.3. The van der Waals surface area contributed by atoms with Crippen LogP contribution in [0.25, 0.3) is 6.08 Å². The number of thiophene rings is 1. The summed E-state index contributed by atoms with van der Waals surface area (Å²) in [5.74, 6) is -0.603. The number of rotatable bonds is 4. The van der Waals surface area contributed by atoms with Crippen LogP contribution in [-0.2, 0) is 4.79 Å². The van der Waals surface area contributed by atoms with Crippen molar-refractivity contribution >= 4 is 34.7 Å². The molecule has 0 bridgehead atoms. The monoisotopic (exact) mass is 313 g/mol. The van der Waals surface area contributed by atoms with Gasteiger partial charge in [-0.1, -0.05) is 6.07 Å². The van der Waals surface area contributed by atoms with Crippen LogP contribution in [0.2, 0.25) is 0 Å². The molecule has 0 saturated carbocycles. The number of benzene rings is 1. The van der Waals surface area contributed by atoms with Crippen molar-refractivity contribution in [2.45, 2.75) is 6.92 Å². The third-order valence-corrected chi connectivity index (χ3v) is 3.68. The van der Waals surface area contributed by atoms with Crippen LogP contribution in [-0.4, -0.2) is 10.8 Å². The van der Waals surface area contributed by atoms with Crippen LogP contribution in [0.15, 0.2) is 42.0 Å². The van der Waals surface area contributed by atoms with Crippen molar-refractivity contribution in [2.24, 2.45) is 0 Å². The first-order valence-electron chi connectivity index (χ1n) is 6.23. The fraction of sp³-hybridized carbons (Fsp3) is 0.0667. The first-order chi connectivity index (χ1) is 10.5. The number of amides is 1. The maximum atomic E-state index is 12.1. The molecular weight excluding hydrogens is 302 g/mol. The van der Waals surface area contributed by atoms with E-state index in [9.17, 15) is 14.9 Å². The number of hydrogen-bond acceptors (Lipinski definition) is 5. The Morgan fingerprint density at radius 1 is 1.41 bits per heavy atom. The van der Waals surface area contributed by atoms with Crippen LogP contribution in [0.5, 0.6) is 0 Å². The Hall–Kier alpha value is -2.98. The van der Waals surface area contributed by atoms with Crippen LogP contribution in [0.3, 0.4) is 0 Å².